The molecule has 0 saturated heterocycles. The van der Waals surface area contributed by atoms with Gasteiger partial charge in [-0.15, -0.1) is 0 Å². The molecule has 0 radical (unpaired) electrons. The summed E-state index contributed by atoms with van der Waals surface area (Å²) < 4.78 is 0. The number of nitrogens with zero attached hydrogens (tertiary/aromatic N) is 1. The molecule has 0 aromatic rings. The summed E-state index contributed by atoms with van der Waals surface area (Å²) in [6.07, 6.45) is -0.328. The van der Waals surface area contributed by atoms with Gasteiger partial charge in [0, 0.05) is 26.3 Å². The van der Waals surface area contributed by atoms with Crippen LogP contribution < -0.4 is 10.8 Å². The lowest BCUT2D eigenvalue weighted by Gasteiger charge is -2.08. The van der Waals surface area contributed by atoms with Gasteiger partial charge in [-0.1, -0.05) is 13.8 Å². The van der Waals surface area contributed by atoms with Gasteiger partial charge in [0.15, 0.2) is 5.78 Å². The van der Waals surface area contributed by atoms with Gasteiger partial charge in [0.25, 0.3) is 0 Å². The molecule has 0 heterocycles. The van der Waals surface area contributed by atoms with E-state index in [-0.39, 0.29) is 22.8 Å². The Labute approximate surface area is 106 Å². The molecule has 18 heavy (non-hydrogen) atoms. The molecule has 1 amide bonds. The first-order valence-electron chi connectivity index (χ1n) is 5.63. The Kier molecular flexibility index (Phi) is 3.96. The van der Waals surface area contributed by atoms with Crippen LogP contribution in [-0.2, 0) is 9.63 Å². The largest absolute Gasteiger partial charge is 0.431 e. The number of carbonyl (C=O) groups excluding carboxylic acids is 2. The molecule has 1 aliphatic rings. The molecule has 0 aliphatic heterocycles. The summed E-state index contributed by atoms with van der Waals surface area (Å²) in [5, 5.41) is 11.0. The maximum atomic E-state index is 11.5. The number of hydroxylamine groups is 1. The van der Waals surface area contributed by atoms with Crippen molar-refractivity contribution < 1.29 is 14.4 Å². The average Bonchev–Trinajstić information content (AvgIpc) is 2.81. The van der Waals surface area contributed by atoms with E-state index in [1.807, 2.05) is 13.8 Å². The van der Waals surface area contributed by atoms with Gasteiger partial charge >= 0.3 is 6.09 Å². The van der Waals surface area contributed by atoms with Gasteiger partial charge in [-0.2, -0.15) is 5.26 Å². The molecule has 1 fully saturated rings. The summed E-state index contributed by atoms with van der Waals surface area (Å²) in [6, 6.07) is 2.09. The molecule has 0 spiro atoms. The lowest BCUT2D eigenvalue weighted by molar-refractivity contribution is -0.114. The van der Waals surface area contributed by atoms with E-state index in [9.17, 15) is 9.59 Å². The first-order chi connectivity index (χ1) is 8.36. The molecule has 0 bridgehead atoms. The molecule has 0 aromatic heterocycles. The number of Topliss-reactive ketones (excluding diaryl/α,β-unsaturated/α-hetero) is 1. The van der Waals surface area contributed by atoms with Crippen molar-refractivity contribution in [2.24, 2.45) is 11.3 Å². The Balaban J connectivity index is 2.90. The van der Waals surface area contributed by atoms with E-state index < -0.39 is 6.09 Å². The first kappa shape index (κ1) is 14.0. The van der Waals surface area contributed by atoms with Crippen LogP contribution in [0.25, 0.3) is 0 Å². The smallest absolute Gasteiger partial charge is 0.324 e. The van der Waals surface area contributed by atoms with Crippen molar-refractivity contribution in [2.45, 2.75) is 27.2 Å². The Morgan fingerprint density at radius 2 is 2.11 bits per heavy atom. The first-order valence-corrected chi connectivity index (χ1v) is 5.63. The highest BCUT2D eigenvalue weighted by atomic mass is 16.7. The number of hydrogen-bond acceptors (Lipinski definition) is 5. The number of hydrogen-bond donors (Lipinski definition) is 2. The Morgan fingerprint density at radius 1 is 1.50 bits per heavy atom. The molecule has 0 unspecified atom stereocenters. The second-order valence-corrected chi connectivity index (χ2v) is 4.72. The van der Waals surface area contributed by atoms with Crippen LogP contribution in [-0.4, -0.2) is 18.9 Å². The number of nitriles is 1. The highest BCUT2D eigenvalue weighted by Crippen LogP contribution is 2.60. The summed E-state index contributed by atoms with van der Waals surface area (Å²) in [4.78, 5) is 27.2. The molecular formula is C12H17N3O3. The van der Waals surface area contributed by atoms with Gasteiger partial charge in [0.05, 0.1) is 6.07 Å². The van der Waals surface area contributed by atoms with Gasteiger partial charge < -0.3 is 10.2 Å². The highest BCUT2D eigenvalue weighted by Gasteiger charge is 2.54. The van der Waals surface area contributed by atoms with Crippen LogP contribution >= 0.6 is 0 Å². The van der Waals surface area contributed by atoms with Gasteiger partial charge in [0.2, 0.25) is 0 Å². The predicted octanol–water partition coefficient (Wildman–Crippen LogP) is 1.26. The Bertz CT molecular complexity index is 446. The number of amides is 1. The van der Waals surface area contributed by atoms with Crippen molar-refractivity contribution in [3.05, 3.63) is 11.3 Å². The number of ketones is 1. The third-order valence-corrected chi connectivity index (χ3v) is 3.20. The summed E-state index contributed by atoms with van der Waals surface area (Å²) in [7, 11) is 1.42. The average molecular weight is 251 g/mol. The Morgan fingerprint density at radius 3 is 2.56 bits per heavy atom. The molecule has 6 heteroatoms. The quantitative estimate of drug-likeness (QED) is 0.579. The number of nitrogens with one attached hydrogen (secondary N) is 2. The molecule has 1 atom stereocenters. The second kappa shape index (κ2) is 5.08. The van der Waals surface area contributed by atoms with E-state index in [1.165, 1.54) is 14.0 Å². The predicted molar refractivity (Wildman–Crippen MR) is 63.9 cm³/mol. The van der Waals surface area contributed by atoms with Crippen LogP contribution in [0.4, 0.5) is 4.79 Å². The molecule has 1 rings (SSSR count). The minimum atomic E-state index is -0.676. The van der Waals surface area contributed by atoms with Crippen LogP contribution in [0.15, 0.2) is 11.3 Å². The van der Waals surface area contributed by atoms with Gasteiger partial charge in [-0.3, -0.25) is 4.79 Å². The van der Waals surface area contributed by atoms with Crippen LogP contribution in [0.5, 0.6) is 0 Å². The van der Waals surface area contributed by atoms with E-state index in [1.54, 1.807) is 0 Å². The summed E-state index contributed by atoms with van der Waals surface area (Å²) >= 11 is 0. The van der Waals surface area contributed by atoms with E-state index in [4.69, 9.17) is 5.26 Å². The standard InChI is InChI=1S/C12H17N3O3/c1-7(16)10(15-18-11(17)14-4)9-8(5-6-13)12(9,2)3/h8,15H,5H2,1-4H3,(H,14,17)/b10-9-/t8-/m0/s1. The molecular weight excluding hydrogens is 234 g/mol. The molecule has 1 aliphatic carbocycles. The van der Waals surface area contributed by atoms with Crippen molar-refractivity contribution in [3.8, 4) is 6.07 Å². The third kappa shape index (κ3) is 2.62. The van der Waals surface area contributed by atoms with Gasteiger partial charge in [0.1, 0.15) is 5.70 Å². The van der Waals surface area contributed by atoms with E-state index in [0.29, 0.717) is 6.42 Å². The van der Waals surface area contributed by atoms with Crippen LogP contribution in [0.3, 0.4) is 0 Å². The van der Waals surface area contributed by atoms with Crippen molar-refractivity contribution in [2.75, 3.05) is 7.05 Å². The maximum absolute atomic E-state index is 11.5. The second-order valence-electron chi connectivity index (χ2n) is 4.72. The third-order valence-electron chi connectivity index (χ3n) is 3.20. The number of allylic oxidation sites excluding steroid dienone is 2. The van der Waals surface area contributed by atoms with E-state index in [2.05, 4.69) is 21.7 Å². The summed E-state index contributed by atoms with van der Waals surface area (Å²) in [6.45, 7) is 5.30. The monoisotopic (exact) mass is 251 g/mol. The normalized spacial score (nSPS) is 22.5. The van der Waals surface area contributed by atoms with Crippen molar-refractivity contribution >= 4 is 11.9 Å². The van der Waals surface area contributed by atoms with Crippen molar-refractivity contribution in [1.29, 1.82) is 5.26 Å². The molecule has 0 aromatic carbocycles. The molecule has 6 nitrogen and oxygen atoms in total. The zero-order valence-electron chi connectivity index (χ0n) is 11.0. The van der Waals surface area contributed by atoms with E-state index >= 15 is 0 Å². The number of carbonyl (C=O) groups is 2. The SMILES string of the molecule is CNC(=O)ON/C(C(C)=O)=C1/[C@H](CC#N)C1(C)C. The molecule has 98 valence electrons. The minimum Gasteiger partial charge on any atom is -0.324 e. The fourth-order valence-electron chi connectivity index (χ4n) is 2.05. The van der Waals surface area contributed by atoms with E-state index in [0.717, 1.165) is 5.57 Å². The fraction of sp³-hybridized carbons (Fsp3) is 0.583. The zero-order chi connectivity index (χ0) is 13.9. The van der Waals surface area contributed by atoms with Crippen LogP contribution in [0, 0.1) is 22.7 Å². The topological polar surface area (TPSA) is 91.2 Å². The van der Waals surface area contributed by atoms with Gasteiger partial charge in [-0.05, 0) is 11.0 Å². The fourth-order valence-corrected chi connectivity index (χ4v) is 2.05. The maximum Gasteiger partial charge on any atom is 0.431 e. The summed E-state index contributed by atoms with van der Waals surface area (Å²) in [5.74, 6) is -0.190. The number of rotatable bonds is 4. The van der Waals surface area contributed by atoms with Crippen molar-refractivity contribution in [3.63, 3.8) is 0 Å². The lowest BCUT2D eigenvalue weighted by atomic mass is 10.1. The zero-order valence-corrected chi connectivity index (χ0v) is 11.0. The highest BCUT2D eigenvalue weighted by molar-refractivity contribution is 5.94. The van der Waals surface area contributed by atoms with Crippen LogP contribution in [0.1, 0.15) is 27.2 Å². The molecule has 1 saturated carbocycles. The van der Waals surface area contributed by atoms with Crippen molar-refractivity contribution in [1.82, 2.24) is 10.8 Å². The van der Waals surface area contributed by atoms with Crippen LogP contribution in [0.2, 0.25) is 0 Å². The van der Waals surface area contributed by atoms with Gasteiger partial charge in [-0.25, -0.2) is 10.3 Å². The minimum absolute atomic E-state index is 0.0298. The summed E-state index contributed by atoms with van der Waals surface area (Å²) in [5.41, 5.74) is 3.27. The Hall–Kier alpha value is -2.03. The molecule has 2 N–H and O–H groups in total. The lowest BCUT2D eigenvalue weighted by Crippen LogP contribution is -2.29.